The highest BCUT2D eigenvalue weighted by Crippen LogP contribution is 2.39. The fourth-order valence-corrected chi connectivity index (χ4v) is 2.39. The first kappa shape index (κ1) is 17.6. The van der Waals surface area contributed by atoms with Crippen LogP contribution in [0.25, 0.3) is 0 Å². The number of hydrogen-bond donors (Lipinski definition) is 1. The third-order valence-electron chi connectivity index (χ3n) is 3.59. The molecule has 0 atom stereocenters. The smallest absolute Gasteiger partial charge is 0.255 e. The third kappa shape index (κ3) is 3.76. The molecule has 0 radical (unpaired) electrons. The van der Waals surface area contributed by atoms with Gasteiger partial charge in [0.1, 0.15) is 5.82 Å². The van der Waals surface area contributed by atoms with Gasteiger partial charge in [0.2, 0.25) is 5.75 Å². The van der Waals surface area contributed by atoms with Crippen molar-refractivity contribution >= 4 is 5.91 Å². The topological polar surface area (TPSA) is 56.8 Å². The zero-order valence-electron chi connectivity index (χ0n) is 13.9. The molecule has 0 aliphatic heterocycles. The first-order valence-corrected chi connectivity index (χ1v) is 7.43. The molecular formula is C18H20FNO4. The van der Waals surface area contributed by atoms with Crippen LogP contribution in [-0.4, -0.2) is 33.8 Å². The summed E-state index contributed by atoms with van der Waals surface area (Å²) in [7, 11) is 4.43. The van der Waals surface area contributed by atoms with E-state index in [4.69, 9.17) is 14.2 Å². The minimum absolute atomic E-state index is 0.282. The van der Waals surface area contributed by atoms with Crippen molar-refractivity contribution in [3.8, 4) is 17.2 Å². The number of halogens is 1. The monoisotopic (exact) mass is 333 g/mol. The number of benzene rings is 2. The van der Waals surface area contributed by atoms with Crippen molar-refractivity contribution in [2.45, 2.75) is 6.42 Å². The molecular weight excluding hydrogens is 313 g/mol. The number of nitrogens with one attached hydrogen (secondary N) is 1. The van der Waals surface area contributed by atoms with E-state index in [2.05, 4.69) is 5.32 Å². The van der Waals surface area contributed by atoms with Gasteiger partial charge in [-0.1, -0.05) is 18.2 Å². The summed E-state index contributed by atoms with van der Waals surface area (Å²) in [4.78, 5) is 12.4. The predicted octanol–water partition coefficient (Wildman–Crippen LogP) is 2.82. The van der Waals surface area contributed by atoms with Crippen molar-refractivity contribution in [2.24, 2.45) is 0 Å². The van der Waals surface area contributed by atoms with Crippen molar-refractivity contribution in [3.63, 3.8) is 0 Å². The van der Waals surface area contributed by atoms with Gasteiger partial charge in [0, 0.05) is 6.54 Å². The van der Waals surface area contributed by atoms with Crippen LogP contribution in [-0.2, 0) is 6.42 Å². The number of carbonyl (C=O) groups excluding carboxylic acids is 1. The Kier molecular flexibility index (Phi) is 6.01. The maximum atomic E-state index is 13.6. The Morgan fingerprint density at radius 3 is 2.33 bits per heavy atom. The standard InChI is InChI=1S/C18H20FNO4/c1-22-15-9-8-13(16(23-2)17(15)24-3)18(21)20-11-10-12-6-4-5-7-14(12)19/h4-9H,10-11H2,1-3H3,(H,20,21). The molecule has 0 unspecified atom stereocenters. The van der Waals surface area contributed by atoms with Crippen molar-refractivity contribution in [3.05, 3.63) is 53.3 Å². The molecule has 6 heteroatoms. The molecule has 2 aromatic rings. The minimum atomic E-state index is -0.329. The molecule has 2 aromatic carbocycles. The molecule has 0 saturated heterocycles. The van der Waals surface area contributed by atoms with E-state index in [9.17, 15) is 9.18 Å². The Morgan fingerprint density at radius 2 is 1.71 bits per heavy atom. The summed E-state index contributed by atoms with van der Waals surface area (Å²) in [6.45, 7) is 0.303. The molecule has 0 fully saturated rings. The second-order valence-corrected chi connectivity index (χ2v) is 4.98. The molecule has 0 saturated carbocycles. The van der Waals surface area contributed by atoms with Gasteiger partial charge in [-0.2, -0.15) is 0 Å². The summed E-state index contributed by atoms with van der Waals surface area (Å²) >= 11 is 0. The van der Waals surface area contributed by atoms with Gasteiger partial charge in [-0.3, -0.25) is 4.79 Å². The molecule has 5 nitrogen and oxygen atoms in total. The van der Waals surface area contributed by atoms with Gasteiger partial charge >= 0.3 is 0 Å². The second-order valence-electron chi connectivity index (χ2n) is 4.98. The average molecular weight is 333 g/mol. The molecule has 24 heavy (non-hydrogen) atoms. The number of rotatable bonds is 7. The molecule has 128 valence electrons. The maximum Gasteiger partial charge on any atom is 0.255 e. The number of ether oxygens (including phenoxy) is 3. The second kappa shape index (κ2) is 8.19. The molecule has 0 aliphatic rings. The van der Waals surface area contributed by atoms with Gasteiger partial charge < -0.3 is 19.5 Å². The lowest BCUT2D eigenvalue weighted by atomic mass is 10.1. The Balaban J connectivity index is 2.11. The summed E-state index contributed by atoms with van der Waals surface area (Å²) in [5, 5.41) is 2.76. The minimum Gasteiger partial charge on any atom is -0.493 e. The van der Waals surface area contributed by atoms with Crippen LogP contribution in [0.2, 0.25) is 0 Å². The van der Waals surface area contributed by atoms with Gasteiger partial charge in [-0.15, -0.1) is 0 Å². The lowest BCUT2D eigenvalue weighted by Gasteiger charge is -2.15. The van der Waals surface area contributed by atoms with Gasteiger partial charge in [0.15, 0.2) is 11.5 Å². The molecule has 0 aromatic heterocycles. The van der Waals surface area contributed by atoms with Crippen LogP contribution in [0.3, 0.4) is 0 Å². The summed E-state index contributed by atoms with van der Waals surface area (Å²) in [6.07, 6.45) is 0.397. The van der Waals surface area contributed by atoms with Gasteiger partial charge in [-0.05, 0) is 30.2 Å². The van der Waals surface area contributed by atoms with Gasteiger partial charge in [0.25, 0.3) is 5.91 Å². The van der Waals surface area contributed by atoms with Crippen molar-refractivity contribution in [2.75, 3.05) is 27.9 Å². The molecule has 0 heterocycles. The number of methoxy groups -OCH3 is 3. The molecule has 1 amide bonds. The van der Waals surface area contributed by atoms with Crippen LogP contribution in [0.4, 0.5) is 4.39 Å². The van der Waals surface area contributed by atoms with Crippen LogP contribution in [0.1, 0.15) is 15.9 Å². The Labute approximate surface area is 140 Å². The third-order valence-corrected chi connectivity index (χ3v) is 3.59. The summed E-state index contributed by atoms with van der Waals surface area (Å²) < 4.78 is 29.3. The first-order chi connectivity index (χ1) is 11.6. The normalized spacial score (nSPS) is 10.2. The van der Waals surface area contributed by atoms with E-state index >= 15 is 0 Å². The molecule has 0 bridgehead atoms. The summed E-state index contributed by atoms with van der Waals surface area (Å²) in [5.41, 5.74) is 0.876. The van der Waals surface area contributed by atoms with E-state index in [0.717, 1.165) is 0 Å². The Morgan fingerprint density at radius 1 is 1.00 bits per heavy atom. The highest BCUT2D eigenvalue weighted by Gasteiger charge is 2.20. The lowest BCUT2D eigenvalue weighted by molar-refractivity contribution is 0.0950. The summed E-state index contributed by atoms with van der Waals surface area (Å²) in [5.74, 6) is 0.499. The van der Waals surface area contributed by atoms with Crippen molar-refractivity contribution in [1.29, 1.82) is 0 Å². The SMILES string of the molecule is COc1ccc(C(=O)NCCc2ccccc2F)c(OC)c1OC. The van der Waals surface area contributed by atoms with Crippen molar-refractivity contribution < 1.29 is 23.4 Å². The number of hydrogen-bond acceptors (Lipinski definition) is 4. The highest BCUT2D eigenvalue weighted by molar-refractivity contribution is 5.98. The fraction of sp³-hybridized carbons (Fsp3) is 0.278. The van der Waals surface area contributed by atoms with E-state index in [-0.39, 0.29) is 11.7 Å². The molecule has 0 aliphatic carbocycles. The van der Waals surface area contributed by atoms with E-state index in [1.807, 2.05) is 0 Å². The van der Waals surface area contributed by atoms with Crippen molar-refractivity contribution in [1.82, 2.24) is 5.32 Å². The maximum absolute atomic E-state index is 13.6. The molecule has 0 spiro atoms. The first-order valence-electron chi connectivity index (χ1n) is 7.43. The van der Waals surface area contributed by atoms with Crippen LogP contribution in [0, 0.1) is 5.82 Å². The van der Waals surface area contributed by atoms with Crippen LogP contribution >= 0.6 is 0 Å². The average Bonchev–Trinajstić information content (AvgIpc) is 2.61. The molecule has 2 rings (SSSR count). The largest absolute Gasteiger partial charge is 0.493 e. The highest BCUT2D eigenvalue weighted by atomic mass is 19.1. The predicted molar refractivity (Wildman–Crippen MR) is 88.5 cm³/mol. The number of amides is 1. The Bertz CT molecular complexity index is 718. The quantitative estimate of drug-likeness (QED) is 0.846. The lowest BCUT2D eigenvalue weighted by Crippen LogP contribution is -2.26. The van der Waals surface area contributed by atoms with Gasteiger partial charge in [-0.25, -0.2) is 4.39 Å². The zero-order chi connectivity index (χ0) is 17.5. The van der Waals surface area contributed by atoms with Crippen LogP contribution in [0.5, 0.6) is 17.2 Å². The summed E-state index contributed by atoms with van der Waals surface area (Å²) in [6, 6.07) is 9.71. The van der Waals surface area contributed by atoms with E-state index in [1.54, 1.807) is 30.3 Å². The fourth-order valence-electron chi connectivity index (χ4n) is 2.39. The van der Waals surface area contributed by atoms with Crippen LogP contribution in [0.15, 0.2) is 36.4 Å². The molecule has 1 N–H and O–H groups in total. The van der Waals surface area contributed by atoms with Crippen LogP contribution < -0.4 is 19.5 Å². The van der Waals surface area contributed by atoms with E-state index < -0.39 is 0 Å². The van der Waals surface area contributed by atoms with Gasteiger partial charge in [0.05, 0.1) is 26.9 Å². The Hall–Kier alpha value is -2.76. The van der Waals surface area contributed by atoms with E-state index in [0.29, 0.717) is 41.3 Å². The zero-order valence-corrected chi connectivity index (χ0v) is 13.9. The van der Waals surface area contributed by atoms with E-state index in [1.165, 1.54) is 27.4 Å². The number of carbonyl (C=O) groups is 1.